The van der Waals surface area contributed by atoms with Gasteiger partial charge in [0.1, 0.15) is 0 Å². The fourth-order valence-electron chi connectivity index (χ4n) is 3.75. The standard InChI is InChI=1S/C18H30N2O3/c21-17(19-10-6-16-4-2-1-3-5-16)7-11-20-12-8-18(9-13-20)22-14-15-23-18/h4H,1-3,5-15H2,(H,19,21). The van der Waals surface area contributed by atoms with Gasteiger partial charge in [-0.2, -0.15) is 0 Å². The van der Waals surface area contributed by atoms with Gasteiger partial charge in [-0.3, -0.25) is 4.79 Å². The van der Waals surface area contributed by atoms with Crippen LogP contribution in [-0.2, 0) is 14.3 Å². The second-order valence-electron chi connectivity index (χ2n) is 6.91. The number of carbonyl (C=O) groups excluding carboxylic acids is 1. The van der Waals surface area contributed by atoms with E-state index in [-0.39, 0.29) is 11.7 Å². The number of rotatable bonds is 6. The molecule has 1 spiro atoms. The average molecular weight is 322 g/mol. The number of nitrogens with zero attached hydrogens (tertiary/aromatic N) is 1. The lowest BCUT2D eigenvalue weighted by molar-refractivity contribution is -0.185. The predicted octanol–water partition coefficient (Wildman–Crippen LogP) is 2.22. The second kappa shape index (κ2) is 8.27. The summed E-state index contributed by atoms with van der Waals surface area (Å²) in [6.45, 7) is 4.98. The summed E-state index contributed by atoms with van der Waals surface area (Å²) in [5.41, 5.74) is 1.52. The summed E-state index contributed by atoms with van der Waals surface area (Å²) in [5.74, 6) is -0.137. The Morgan fingerprint density at radius 1 is 1.22 bits per heavy atom. The van der Waals surface area contributed by atoms with Gasteiger partial charge in [0.2, 0.25) is 5.91 Å². The van der Waals surface area contributed by atoms with Gasteiger partial charge >= 0.3 is 0 Å². The molecule has 0 aromatic rings. The Bertz CT molecular complexity index is 420. The van der Waals surface area contributed by atoms with E-state index in [9.17, 15) is 4.79 Å². The maximum Gasteiger partial charge on any atom is 0.221 e. The van der Waals surface area contributed by atoms with Crippen molar-refractivity contribution < 1.29 is 14.3 Å². The molecule has 2 saturated heterocycles. The van der Waals surface area contributed by atoms with Gasteiger partial charge in [-0.1, -0.05) is 11.6 Å². The number of nitrogens with one attached hydrogen (secondary N) is 1. The molecule has 1 N–H and O–H groups in total. The minimum Gasteiger partial charge on any atom is -0.356 e. The number of amides is 1. The van der Waals surface area contributed by atoms with E-state index in [2.05, 4.69) is 16.3 Å². The molecule has 0 saturated carbocycles. The molecule has 5 heteroatoms. The summed E-state index contributed by atoms with van der Waals surface area (Å²) in [6.07, 6.45) is 10.9. The normalized spacial score (nSPS) is 24.6. The highest BCUT2D eigenvalue weighted by molar-refractivity contribution is 5.76. The van der Waals surface area contributed by atoms with Gasteiger partial charge in [0.25, 0.3) is 0 Å². The number of piperidine rings is 1. The number of likely N-dealkylation sites (tertiary alicyclic amines) is 1. The SMILES string of the molecule is O=C(CCN1CCC2(CC1)OCCO2)NCCC1=CCCCC1. The first-order chi connectivity index (χ1) is 11.3. The fourth-order valence-corrected chi connectivity index (χ4v) is 3.75. The third-order valence-electron chi connectivity index (χ3n) is 5.24. The summed E-state index contributed by atoms with van der Waals surface area (Å²) in [5, 5.41) is 3.06. The van der Waals surface area contributed by atoms with E-state index in [4.69, 9.17) is 9.47 Å². The van der Waals surface area contributed by atoms with Crippen molar-refractivity contribution in [3.8, 4) is 0 Å². The fraction of sp³-hybridized carbons (Fsp3) is 0.833. The zero-order valence-electron chi connectivity index (χ0n) is 14.1. The third kappa shape index (κ3) is 5.03. The molecule has 3 aliphatic rings. The summed E-state index contributed by atoms with van der Waals surface area (Å²) < 4.78 is 11.5. The van der Waals surface area contributed by atoms with Crippen molar-refractivity contribution >= 4 is 5.91 Å². The van der Waals surface area contributed by atoms with Crippen LogP contribution in [0.5, 0.6) is 0 Å². The highest BCUT2D eigenvalue weighted by atomic mass is 16.7. The van der Waals surface area contributed by atoms with E-state index in [1.807, 2.05) is 0 Å². The van der Waals surface area contributed by atoms with Crippen LogP contribution in [0.25, 0.3) is 0 Å². The van der Waals surface area contributed by atoms with Crippen LogP contribution >= 0.6 is 0 Å². The lowest BCUT2D eigenvalue weighted by Gasteiger charge is -2.37. The molecule has 5 nitrogen and oxygen atoms in total. The summed E-state index contributed by atoms with van der Waals surface area (Å²) in [4.78, 5) is 14.3. The zero-order valence-corrected chi connectivity index (χ0v) is 14.1. The van der Waals surface area contributed by atoms with Crippen LogP contribution in [0.4, 0.5) is 0 Å². The molecule has 2 aliphatic heterocycles. The number of hydrogen-bond acceptors (Lipinski definition) is 4. The van der Waals surface area contributed by atoms with Gasteiger partial charge < -0.3 is 19.7 Å². The lowest BCUT2D eigenvalue weighted by atomic mass is 9.97. The number of ether oxygens (including phenoxy) is 2. The van der Waals surface area contributed by atoms with Crippen molar-refractivity contribution in [3.63, 3.8) is 0 Å². The van der Waals surface area contributed by atoms with Crippen LogP contribution in [0.3, 0.4) is 0 Å². The molecular weight excluding hydrogens is 292 g/mol. The molecule has 0 aromatic heterocycles. The van der Waals surface area contributed by atoms with Gasteiger partial charge in [-0.15, -0.1) is 0 Å². The van der Waals surface area contributed by atoms with E-state index >= 15 is 0 Å². The van der Waals surface area contributed by atoms with Gasteiger partial charge in [-0.05, 0) is 32.1 Å². The molecule has 0 atom stereocenters. The van der Waals surface area contributed by atoms with Crippen LogP contribution in [0.1, 0.15) is 51.4 Å². The van der Waals surface area contributed by atoms with Crippen molar-refractivity contribution in [3.05, 3.63) is 11.6 Å². The molecule has 2 heterocycles. The maximum atomic E-state index is 12.0. The monoisotopic (exact) mass is 322 g/mol. The average Bonchev–Trinajstić information content (AvgIpc) is 3.04. The Labute approximate surface area is 139 Å². The van der Waals surface area contributed by atoms with Crippen LogP contribution in [0, 0.1) is 0 Å². The second-order valence-corrected chi connectivity index (χ2v) is 6.91. The molecule has 1 aliphatic carbocycles. The van der Waals surface area contributed by atoms with E-state index < -0.39 is 0 Å². The maximum absolute atomic E-state index is 12.0. The zero-order chi connectivity index (χ0) is 16.0. The lowest BCUT2D eigenvalue weighted by Crippen LogP contribution is -2.46. The summed E-state index contributed by atoms with van der Waals surface area (Å²) in [6, 6.07) is 0. The third-order valence-corrected chi connectivity index (χ3v) is 5.24. The van der Waals surface area contributed by atoms with E-state index in [0.717, 1.165) is 58.7 Å². The summed E-state index contributed by atoms with van der Waals surface area (Å²) in [7, 11) is 0. The Morgan fingerprint density at radius 3 is 2.70 bits per heavy atom. The quantitative estimate of drug-likeness (QED) is 0.762. The molecule has 0 unspecified atom stereocenters. The topological polar surface area (TPSA) is 50.8 Å². The molecule has 3 rings (SSSR count). The van der Waals surface area contributed by atoms with E-state index in [0.29, 0.717) is 6.42 Å². The Balaban J connectivity index is 1.27. The molecule has 0 aromatic carbocycles. The van der Waals surface area contributed by atoms with Crippen LogP contribution in [-0.4, -0.2) is 56.0 Å². The Kier molecular flexibility index (Phi) is 6.08. The molecule has 2 fully saturated rings. The van der Waals surface area contributed by atoms with Crippen molar-refractivity contribution in [1.82, 2.24) is 10.2 Å². The Morgan fingerprint density at radius 2 is 2.00 bits per heavy atom. The highest BCUT2D eigenvalue weighted by Crippen LogP contribution is 2.31. The predicted molar refractivity (Wildman–Crippen MR) is 89.1 cm³/mol. The van der Waals surface area contributed by atoms with Gasteiger partial charge in [0.05, 0.1) is 13.2 Å². The molecule has 130 valence electrons. The van der Waals surface area contributed by atoms with Gasteiger partial charge in [-0.25, -0.2) is 0 Å². The van der Waals surface area contributed by atoms with E-state index in [1.54, 1.807) is 0 Å². The minimum atomic E-state index is -0.313. The first kappa shape index (κ1) is 16.9. The number of carbonyl (C=O) groups is 1. The van der Waals surface area contributed by atoms with Crippen molar-refractivity contribution in [2.45, 2.75) is 57.2 Å². The first-order valence-electron chi connectivity index (χ1n) is 9.21. The van der Waals surface area contributed by atoms with E-state index in [1.165, 1.54) is 31.3 Å². The Hall–Kier alpha value is -0.910. The first-order valence-corrected chi connectivity index (χ1v) is 9.21. The van der Waals surface area contributed by atoms with Crippen molar-refractivity contribution in [2.75, 3.05) is 39.4 Å². The van der Waals surface area contributed by atoms with Gasteiger partial charge in [0, 0.05) is 45.4 Å². The summed E-state index contributed by atoms with van der Waals surface area (Å²) >= 11 is 0. The van der Waals surface area contributed by atoms with Crippen molar-refractivity contribution in [1.29, 1.82) is 0 Å². The molecule has 0 bridgehead atoms. The van der Waals surface area contributed by atoms with Crippen LogP contribution < -0.4 is 5.32 Å². The minimum absolute atomic E-state index is 0.176. The largest absolute Gasteiger partial charge is 0.356 e. The molecule has 1 amide bonds. The van der Waals surface area contributed by atoms with Crippen LogP contribution in [0.15, 0.2) is 11.6 Å². The highest BCUT2D eigenvalue weighted by Gasteiger charge is 2.39. The van der Waals surface area contributed by atoms with Crippen molar-refractivity contribution in [2.24, 2.45) is 0 Å². The molecular formula is C18H30N2O3. The number of hydrogen-bond donors (Lipinski definition) is 1. The molecule has 23 heavy (non-hydrogen) atoms. The van der Waals surface area contributed by atoms with Gasteiger partial charge in [0.15, 0.2) is 5.79 Å². The molecule has 0 radical (unpaired) electrons. The number of allylic oxidation sites excluding steroid dienone is 1. The van der Waals surface area contributed by atoms with Crippen LogP contribution in [0.2, 0.25) is 0 Å². The smallest absolute Gasteiger partial charge is 0.221 e.